The van der Waals surface area contributed by atoms with Crippen LogP contribution in [0, 0.1) is 0 Å². The number of ether oxygens (including phenoxy) is 2. The smallest absolute Gasteiger partial charge is 0.287 e. The van der Waals surface area contributed by atoms with E-state index in [9.17, 15) is 9.59 Å². The molecule has 0 aromatic heterocycles. The fourth-order valence-corrected chi connectivity index (χ4v) is 3.14. The van der Waals surface area contributed by atoms with Crippen LogP contribution in [0.15, 0.2) is 83.6 Å². The fraction of sp³-hybridized carbons (Fsp3) is 0.148. The van der Waals surface area contributed by atoms with Crippen molar-refractivity contribution in [1.82, 2.24) is 10.7 Å². The second kappa shape index (κ2) is 12.0. The lowest BCUT2D eigenvalue weighted by Crippen LogP contribution is -2.32. The van der Waals surface area contributed by atoms with Crippen molar-refractivity contribution in [2.75, 3.05) is 33.2 Å². The highest BCUT2D eigenvalue weighted by atomic mass is 16.5. The molecule has 0 saturated carbocycles. The number of carbonyl (C=O) groups is 2. The Balaban J connectivity index is 1.84. The van der Waals surface area contributed by atoms with Gasteiger partial charge in [0.1, 0.15) is 17.2 Å². The summed E-state index contributed by atoms with van der Waals surface area (Å²) in [4.78, 5) is 27.7. The molecule has 0 fully saturated rings. The van der Waals surface area contributed by atoms with E-state index in [4.69, 9.17) is 9.47 Å². The highest BCUT2D eigenvalue weighted by Crippen LogP contribution is 2.22. The highest BCUT2D eigenvalue weighted by Gasteiger charge is 2.14. The minimum absolute atomic E-state index is 0.0474. The van der Waals surface area contributed by atoms with E-state index >= 15 is 0 Å². The Morgan fingerprint density at radius 1 is 0.914 bits per heavy atom. The third-order valence-electron chi connectivity index (χ3n) is 5.06. The Labute approximate surface area is 204 Å². The zero-order valence-corrected chi connectivity index (χ0v) is 20.1. The fourth-order valence-electron chi connectivity index (χ4n) is 3.14. The number of methoxy groups -OCH3 is 2. The molecule has 3 rings (SSSR count). The van der Waals surface area contributed by atoms with Crippen molar-refractivity contribution in [1.29, 1.82) is 0 Å². The molecule has 8 heteroatoms. The van der Waals surface area contributed by atoms with E-state index in [0.29, 0.717) is 22.6 Å². The van der Waals surface area contributed by atoms with E-state index in [1.54, 1.807) is 62.8 Å². The molecule has 0 radical (unpaired) electrons. The van der Waals surface area contributed by atoms with Gasteiger partial charge in [0, 0.05) is 30.9 Å². The SMILES string of the molecule is COc1ccc(OC)c(/C=N\NC(=O)/C(=C\c2ccc(N(C)C)cc2)NC(=O)c2ccccc2)c1. The predicted molar refractivity (Wildman–Crippen MR) is 138 cm³/mol. The molecule has 3 aromatic rings. The van der Waals surface area contributed by atoms with Gasteiger partial charge in [0.15, 0.2) is 0 Å². The maximum Gasteiger partial charge on any atom is 0.287 e. The van der Waals surface area contributed by atoms with E-state index in [2.05, 4.69) is 15.8 Å². The first kappa shape index (κ1) is 25.0. The zero-order valence-electron chi connectivity index (χ0n) is 20.1. The maximum absolute atomic E-state index is 13.0. The normalized spacial score (nSPS) is 11.1. The predicted octanol–water partition coefficient (Wildman–Crippen LogP) is 3.69. The summed E-state index contributed by atoms with van der Waals surface area (Å²) in [5.41, 5.74) is 5.32. The van der Waals surface area contributed by atoms with Crippen molar-refractivity contribution >= 4 is 29.8 Å². The van der Waals surface area contributed by atoms with Gasteiger partial charge in [-0.05, 0) is 54.1 Å². The van der Waals surface area contributed by atoms with E-state index in [0.717, 1.165) is 11.3 Å². The third-order valence-corrected chi connectivity index (χ3v) is 5.06. The van der Waals surface area contributed by atoms with Gasteiger partial charge >= 0.3 is 0 Å². The summed E-state index contributed by atoms with van der Waals surface area (Å²) in [5.74, 6) is 0.202. The first-order chi connectivity index (χ1) is 16.9. The van der Waals surface area contributed by atoms with Crippen LogP contribution in [0.5, 0.6) is 11.5 Å². The minimum atomic E-state index is -0.580. The van der Waals surface area contributed by atoms with Crippen molar-refractivity contribution in [2.24, 2.45) is 5.10 Å². The van der Waals surface area contributed by atoms with E-state index in [1.165, 1.54) is 6.21 Å². The molecule has 0 bridgehead atoms. The van der Waals surface area contributed by atoms with Crippen LogP contribution in [-0.4, -0.2) is 46.3 Å². The average Bonchev–Trinajstić information content (AvgIpc) is 2.88. The van der Waals surface area contributed by atoms with Crippen LogP contribution >= 0.6 is 0 Å². The molecule has 0 aliphatic heterocycles. The lowest BCUT2D eigenvalue weighted by Gasteiger charge is -2.13. The number of anilines is 1. The van der Waals surface area contributed by atoms with Crippen molar-refractivity contribution in [3.63, 3.8) is 0 Å². The van der Waals surface area contributed by atoms with Crippen LogP contribution in [0.1, 0.15) is 21.5 Å². The standard InChI is InChI=1S/C27H28N4O4/c1-31(2)22-12-10-19(11-13-22)16-24(29-26(32)20-8-6-5-7-9-20)27(33)30-28-18-21-17-23(34-3)14-15-25(21)35-4/h5-18H,1-4H3,(H,29,32)(H,30,33)/b24-16+,28-18-. The maximum atomic E-state index is 13.0. The van der Waals surface area contributed by atoms with Gasteiger partial charge < -0.3 is 19.7 Å². The Morgan fingerprint density at radius 2 is 1.63 bits per heavy atom. The Bertz CT molecular complexity index is 1220. The van der Waals surface area contributed by atoms with Gasteiger partial charge in [0.2, 0.25) is 0 Å². The summed E-state index contributed by atoms with van der Waals surface area (Å²) in [6.07, 6.45) is 3.04. The summed E-state index contributed by atoms with van der Waals surface area (Å²) in [5, 5.41) is 6.74. The van der Waals surface area contributed by atoms with Crippen LogP contribution in [0.2, 0.25) is 0 Å². The summed E-state index contributed by atoms with van der Waals surface area (Å²) < 4.78 is 10.6. The molecule has 35 heavy (non-hydrogen) atoms. The van der Waals surface area contributed by atoms with Crippen LogP contribution in [-0.2, 0) is 4.79 Å². The number of nitrogens with zero attached hydrogens (tertiary/aromatic N) is 2. The number of carbonyl (C=O) groups excluding carboxylic acids is 2. The number of hydrazone groups is 1. The van der Waals surface area contributed by atoms with Crippen molar-refractivity contribution in [3.8, 4) is 11.5 Å². The molecule has 2 N–H and O–H groups in total. The molecule has 8 nitrogen and oxygen atoms in total. The Kier molecular flexibility index (Phi) is 8.61. The molecule has 0 heterocycles. The van der Waals surface area contributed by atoms with Gasteiger partial charge in [-0.2, -0.15) is 5.10 Å². The van der Waals surface area contributed by atoms with Crippen LogP contribution in [0.4, 0.5) is 5.69 Å². The number of benzene rings is 3. The van der Waals surface area contributed by atoms with Crippen LogP contribution in [0.3, 0.4) is 0 Å². The number of hydrogen-bond acceptors (Lipinski definition) is 6. The molecule has 0 aliphatic carbocycles. The first-order valence-electron chi connectivity index (χ1n) is 10.8. The number of rotatable bonds is 9. The lowest BCUT2D eigenvalue weighted by atomic mass is 10.1. The molecular formula is C27H28N4O4. The second-order valence-electron chi connectivity index (χ2n) is 7.67. The van der Waals surface area contributed by atoms with Gasteiger partial charge in [-0.1, -0.05) is 30.3 Å². The average molecular weight is 473 g/mol. The quantitative estimate of drug-likeness (QED) is 0.282. The number of hydrogen-bond donors (Lipinski definition) is 2. The molecule has 3 aromatic carbocycles. The summed E-state index contributed by atoms with van der Waals surface area (Å²) >= 11 is 0. The summed E-state index contributed by atoms with van der Waals surface area (Å²) in [6.45, 7) is 0. The molecule has 0 spiro atoms. The van der Waals surface area contributed by atoms with Gasteiger partial charge in [-0.25, -0.2) is 5.43 Å². The highest BCUT2D eigenvalue weighted by molar-refractivity contribution is 6.05. The molecule has 2 amide bonds. The van der Waals surface area contributed by atoms with Crippen molar-refractivity contribution in [2.45, 2.75) is 0 Å². The van der Waals surface area contributed by atoms with Gasteiger partial charge in [-0.15, -0.1) is 0 Å². The van der Waals surface area contributed by atoms with Crippen LogP contribution < -0.4 is 25.1 Å². The van der Waals surface area contributed by atoms with E-state index in [1.807, 2.05) is 49.3 Å². The molecule has 0 aliphatic rings. The zero-order chi connectivity index (χ0) is 25.2. The Morgan fingerprint density at radius 3 is 2.26 bits per heavy atom. The molecule has 0 unspecified atom stereocenters. The molecule has 180 valence electrons. The van der Waals surface area contributed by atoms with E-state index in [-0.39, 0.29) is 5.70 Å². The Hall–Kier alpha value is -4.59. The lowest BCUT2D eigenvalue weighted by molar-refractivity contribution is -0.117. The van der Waals surface area contributed by atoms with Crippen LogP contribution in [0.25, 0.3) is 6.08 Å². The van der Waals surface area contributed by atoms with Crippen molar-refractivity contribution in [3.05, 3.63) is 95.2 Å². The van der Waals surface area contributed by atoms with E-state index < -0.39 is 11.8 Å². The summed E-state index contributed by atoms with van der Waals surface area (Å²) in [6, 6.07) is 21.5. The monoisotopic (exact) mass is 472 g/mol. The van der Waals surface area contributed by atoms with Gasteiger partial charge in [0.05, 0.1) is 20.4 Å². The summed E-state index contributed by atoms with van der Waals surface area (Å²) in [7, 11) is 6.99. The minimum Gasteiger partial charge on any atom is -0.497 e. The largest absolute Gasteiger partial charge is 0.497 e. The van der Waals surface area contributed by atoms with Crippen molar-refractivity contribution < 1.29 is 19.1 Å². The number of amides is 2. The first-order valence-corrected chi connectivity index (χ1v) is 10.8. The van der Waals surface area contributed by atoms with Gasteiger partial charge in [0.25, 0.3) is 11.8 Å². The molecule has 0 atom stereocenters. The topological polar surface area (TPSA) is 92.3 Å². The number of nitrogens with one attached hydrogen (secondary N) is 2. The third kappa shape index (κ3) is 6.94. The molecule has 0 saturated heterocycles. The second-order valence-corrected chi connectivity index (χ2v) is 7.67. The van der Waals surface area contributed by atoms with Gasteiger partial charge in [-0.3, -0.25) is 9.59 Å². The molecular weight excluding hydrogens is 444 g/mol.